The Labute approximate surface area is 103 Å². The van der Waals surface area contributed by atoms with Crippen LogP contribution in [0.5, 0.6) is 5.75 Å². The lowest BCUT2D eigenvalue weighted by molar-refractivity contribution is 0.414. The molecule has 2 nitrogen and oxygen atoms in total. The van der Waals surface area contributed by atoms with E-state index >= 15 is 0 Å². The standard InChI is InChI=1S/C13H20ClNO/c1-3-15-9-5-4-6-11-7-8-12(16-2)10-13(11)14/h7-8,10,15H,3-6,9H2,1-2H3. The average Bonchev–Trinajstić information content (AvgIpc) is 2.30. The van der Waals surface area contributed by atoms with Crippen molar-refractivity contribution in [2.45, 2.75) is 26.2 Å². The fourth-order valence-corrected chi connectivity index (χ4v) is 1.87. The first-order valence-electron chi connectivity index (χ1n) is 5.81. The van der Waals surface area contributed by atoms with E-state index in [2.05, 4.69) is 18.3 Å². The van der Waals surface area contributed by atoms with Crippen LogP contribution in [0.2, 0.25) is 5.02 Å². The van der Waals surface area contributed by atoms with E-state index in [1.807, 2.05) is 12.1 Å². The van der Waals surface area contributed by atoms with Crippen LogP contribution in [-0.4, -0.2) is 20.2 Å². The molecule has 1 aromatic rings. The number of unbranched alkanes of at least 4 members (excludes halogenated alkanes) is 1. The van der Waals surface area contributed by atoms with Gasteiger partial charge in [0.15, 0.2) is 0 Å². The van der Waals surface area contributed by atoms with Crippen molar-refractivity contribution >= 4 is 11.6 Å². The average molecular weight is 242 g/mol. The molecule has 1 aromatic carbocycles. The van der Waals surface area contributed by atoms with Gasteiger partial charge >= 0.3 is 0 Å². The van der Waals surface area contributed by atoms with E-state index in [0.29, 0.717) is 0 Å². The van der Waals surface area contributed by atoms with Gasteiger partial charge < -0.3 is 10.1 Å². The van der Waals surface area contributed by atoms with Gasteiger partial charge in [0, 0.05) is 5.02 Å². The molecule has 0 aromatic heterocycles. The van der Waals surface area contributed by atoms with Crippen LogP contribution < -0.4 is 10.1 Å². The first kappa shape index (κ1) is 13.3. The van der Waals surface area contributed by atoms with Crippen molar-refractivity contribution < 1.29 is 4.74 Å². The number of rotatable bonds is 7. The van der Waals surface area contributed by atoms with E-state index in [1.54, 1.807) is 7.11 Å². The molecule has 16 heavy (non-hydrogen) atoms. The number of hydrogen-bond donors (Lipinski definition) is 1. The van der Waals surface area contributed by atoms with Crippen LogP contribution in [0.15, 0.2) is 18.2 Å². The summed E-state index contributed by atoms with van der Waals surface area (Å²) in [7, 11) is 1.65. The highest BCUT2D eigenvalue weighted by Crippen LogP contribution is 2.23. The largest absolute Gasteiger partial charge is 0.497 e. The molecular weight excluding hydrogens is 222 g/mol. The molecule has 0 radical (unpaired) electrons. The van der Waals surface area contributed by atoms with Crippen molar-refractivity contribution in [3.8, 4) is 5.75 Å². The second-order valence-corrected chi connectivity index (χ2v) is 4.18. The number of benzene rings is 1. The molecule has 0 bridgehead atoms. The van der Waals surface area contributed by atoms with Crippen LogP contribution in [-0.2, 0) is 6.42 Å². The van der Waals surface area contributed by atoms with Gasteiger partial charge in [0.1, 0.15) is 5.75 Å². The molecule has 0 aliphatic heterocycles. The summed E-state index contributed by atoms with van der Waals surface area (Å²) in [4.78, 5) is 0. The fraction of sp³-hybridized carbons (Fsp3) is 0.538. The third-order valence-electron chi connectivity index (χ3n) is 2.56. The van der Waals surface area contributed by atoms with Crippen molar-refractivity contribution in [3.05, 3.63) is 28.8 Å². The smallest absolute Gasteiger partial charge is 0.120 e. The molecule has 0 aliphatic carbocycles. The molecule has 0 spiro atoms. The predicted octanol–water partition coefficient (Wildman–Crippen LogP) is 3.28. The van der Waals surface area contributed by atoms with Gasteiger partial charge in [0.25, 0.3) is 0 Å². The zero-order chi connectivity index (χ0) is 11.8. The first-order chi connectivity index (χ1) is 7.77. The third-order valence-corrected chi connectivity index (χ3v) is 2.91. The normalized spacial score (nSPS) is 10.4. The lowest BCUT2D eigenvalue weighted by atomic mass is 10.1. The Kier molecular flexibility index (Phi) is 6.27. The minimum Gasteiger partial charge on any atom is -0.497 e. The van der Waals surface area contributed by atoms with Crippen LogP contribution in [0.25, 0.3) is 0 Å². The number of ether oxygens (including phenoxy) is 1. The Morgan fingerprint density at radius 1 is 1.31 bits per heavy atom. The van der Waals surface area contributed by atoms with Crippen molar-refractivity contribution in [2.75, 3.05) is 20.2 Å². The molecule has 0 unspecified atom stereocenters. The van der Waals surface area contributed by atoms with Crippen LogP contribution >= 0.6 is 11.6 Å². The van der Waals surface area contributed by atoms with E-state index in [-0.39, 0.29) is 0 Å². The minimum atomic E-state index is 0.808. The molecule has 0 saturated heterocycles. The van der Waals surface area contributed by atoms with Crippen molar-refractivity contribution in [3.63, 3.8) is 0 Å². The van der Waals surface area contributed by atoms with Crippen LogP contribution in [0.3, 0.4) is 0 Å². The molecule has 0 heterocycles. The third kappa shape index (κ3) is 4.42. The lowest BCUT2D eigenvalue weighted by Gasteiger charge is -2.06. The topological polar surface area (TPSA) is 21.3 Å². The van der Waals surface area contributed by atoms with E-state index in [0.717, 1.165) is 30.3 Å². The van der Waals surface area contributed by atoms with Gasteiger partial charge in [-0.3, -0.25) is 0 Å². The summed E-state index contributed by atoms with van der Waals surface area (Å²) in [5.74, 6) is 0.821. The first-order valence-corrected chi connectivity index (χ1v) is 6.19. The number of nitrogens with one attached hydrogen (secondary N) is 1. The summed E-state index contributed by atoms with van der Waals surface area (Å²) >= 11 is 6.15. The molecule has 0 saturated carbocycles. The monoisotopic (exact) mass is 241 g/mol. The van der Waals surface area contributed by atoms with Gasteiger partial charge in [-0.05, 0) is 50.0 Å². The SMILES string of the molecule is CCNCCCCc1ccc(OC)cc1Cl. The molecule has 0 amide bonds. The summed E-state index contributed by atoms with van der Waals surface area (Å²) in [5.41, 5.74) is 1.21. The second-order valence-electron chi connectivity index (χ2n) is 3.77. The predicted molar refractivity (Wildman–Crippen MR) is 69.5 cm³/mol. The summed E-state index contributed by atoms with van der Waals surface area (Å²) in [6, 6.07) is 5.89. The summed E-state index contributed by atoms with van der Waals surface area (Å²) < 4.78 is 5.11. The molecule has 0 atom stereocenters. The lowest BCUT2D eigenvalue weighted by Crippen LogP contribution is -2.13. The van der Waals surface area contributed by atoms with Crippen molar-refractivity contribution in [1.82, 2.24) is 5.32 Å². The quantitative estimate of drug-likeness (QED) is 0.740. The van der Waals surface area contributed by atoms with Gasteiger partial charge in [-0.1, -0.05) is 24.6 Å². The summed E-state index contributed by atoms with van der Waals surface area (Å²) in [6.07, 6.45) is 3.39. The Morgan fingerprint density at radius 3 is 2.75 bits per heavy atom. The fourth-order valence-electron chi connectivity index (χ4n) is 1.60. The zero-order valence-corrected chi connectivity index (χ0v) is 10.8. The summed E-state index contributed by atoms with van der Waals surface area (Å²) in [6.45, 7) is 4.26. The zero-order valence-electron chi connectivity index (χ0n) is 10.1. The second kappa shape index (κ2) is 7.53. The van der Waals surface area contributed by atoms with Crippen molar-refractivity contribution in [2.24, 2.45) is 0 Å². The molecule has 0 aliphatic rings. The van der Waals surface area contributed by atoms with E-state index in [9.17, 15) is 0 Å². The van der Waals surface area contributed by atoms with E-state index in [1.165, 1.54) is 18.4 Å². The van der Waals surface area contributed by atoms with E-state index < -0.39 is 0 Å². The van der Waals surface area contributed by atoms with Gasteiger partial charge in [-0.2, -0.15) is 0 Å². The summed E-state index contributed by atoms with van der Waals surface area (Å²) in [5, 5.41) is 4.12. The molecular formula is C13H20ClNO. The van der Waals surface area contributed by atoms with Gasteiger partial charge in [0.05, 0.1) is 7.11 Å². The molecule has 1 rings (SSSR count). The highest BCUT2D eigenvalue weighted by molar-refractivity contribution is 6.31. The maximum Gasteiger partial charge on any atom is 0.120 e. The highest BCUT2D eigenvalue weighted by atomic mass is 35.5. The maximum atomic E-state index is 6.15. The number of methoxy groups -OCH3 is 1. The van der Waals surface area contributed by atoms with Gasteiger partial charge in [0.2, 0.25) is 0 Å². The van der Waals surface area contributed by atoms with Crippen LogP contribution in [0, 0.1) is 0 Å². The highest BCUT2D eigenvalue weighted by Gasteiger charge is 2.01. The molecule has 1 N–H and O–H groups in total. The number of aryl methyl sites for hydroxylation is 1. The Bertz CT molecular complexity index is 315. The van der Waals surface area contributed by atoms with Gasteiger partial charge in [-0.25, -0.2) is 0 Å². The Morgan fingerprint density at radius 2 is 2.12 bits per heavy atom. The maximum absolute atomic E-state index is 6.15. The van der Waals surface area contributed by atoms with Crippen molar-refractivity contribution in [1.29, 1.82) is 0 Å². The van der Waals surface area contributed by atoms with E-state index in [4.69, 9.17) is 16.3 Å². The molecule has 90 valence electrons. The minimum absolute atomic E-state index is 0.808. The Balaban J connectivity index is 2.36. The van der Waals surface area contributed by atoms with Gasteiger partial charge in [-0.15, -0.1) is 0 Å². The Hall–Kier alpha value is -0.730. The molecule has 3 heteroatoms. The van der Waals surface area contributed by atoms with Crippen LogP contribution in [0.4, 0.5) is 0 Å². The molecule has 0 fully saturated rings. The number of hydrogen-bond acceptors (Lipinski definition) is 2. The van der Waals surface area contributed by atoms with Crippen LogP contribution in [0.1, 0.15) is 25.3 Å². The number of halogens is 1.